The highest BCUT2D eigenvalue weighted by Crippen LogP contribution is 2.05. The van der Waals surface area contributed by atoms with Gasteiger partial charge in [0.1, 0.15) is 5.82 Å². The van der Waals surface area contributed by atoms with Crippen LogP contribution in [0.5, 0.6) is 0 Å². The molecule has 0 aliphatic heterocycles. The predicted octanol–water partition coefficient (Wildman–Crippen LogP) is 1.79. The third-order valence-corrected chi connectivity index (χ3v) is 3.39. The molecule has 2 rings (SSSR count). The van der Waals surface area contributed by atoms with E-state index in [1.165, 1.54) is 18.4 Å². The third-order valence-electron chi connectivity index (χ3n) is 3.39. The summed E-state index contributed by atoms with van der Waals surface area (Å²) >= 11 is 0. The monoisotopic (exact) mass is 362 g/mol. The van der Waals surface area contributed by atoms with Gasteiger partial charge in [-0.15, -0.1) is 0 Å². The van der Waals surface area contributed by atoms with Crippen molar-refractivity contribution in [3.05, 3.63) is 59.8 Å². The first kappa shape index (κ1) is 19.2. The van der Waals surface area contributed by atoms with E-state index in [9.17, 15) is 18.8 Å². The fourth-order valence-corrected chi connectivity index (χ4v) is 2.03. The van der Waals surface area contributed by atoms with E-state index in [1.807, 2.05) is 0 Å². The van der Waals surface area contributed by atoms with Gasteiger partial charge >= 0.3 is 5.97 Å². The minimum absolute atomic E-state index is 0.0157. The normalized spacial score (nSPS) is 10.2. The molecule has 0 bridgehead atoms. The van der Waals surface area contributed by atoms with Gasteiger partial charge in [0, 0.05) is 25.1 Å². The Morgan fingerprint density at radius 2 is 1.88 bits per heavy atom. The molecule has 8 heteroatoms. The molecule has 138 valence electrons. The molecule has 0 unspecified atom stereocenters. The summed E-state index contributed by atoms with van der Waals surface area (Å²) in [7, 11) is 0. The average molecular weight is 362 g/mol. The first-order valence-corrected chi connectivity index (χ1v) is 8.03. The Hall–Kier alpha value is -3.16. The van der Waals surface area contributed by atoms with Crippen molar-refractivity contribution < 1.29 is 27.9 Å². The molecule has 0 saturated heterocycles. The fraction of sp³-hybridized carbons (Fsp3) is 0.278. The Labute approximate surface area is 149 Å². The smallest absolute Gasteiger partial charge is 0.306 e. The van der Waals surface area contributed by atoms with Crippen LogP contribution in [-0.4, -0.2) is 30.9 Å². The van der Waals surface area contributed by atoms with Crippen molar-refractivity contribution in [2.75, 3.05) is 13.2 Å². The molecule has 2 amide bonds. The summed E-state index contributed by atoms with van der Waals surface area (Å²) in [5.74, 6) is -1.66. The Morgan fingerprint density at radius 3 is 2.62 bits per heavy atom. The maximum atomic E-state index is 13.4. The number of esters is 1. The molecular formula is C18H19FN2O5. The van der Waals surface area contributed by atoms with Crippen LogP contribution in [0.3, 0.4) is 0 Å². The Morgan fingerprint density at radius 1 is 1.08 bits per heavy atom. The van der Waals surface area contributed by atoms with Gasteiger partial charge in [-0.3, -0.25) is 14.4 Å². The molecule has 0 atom stereocenters. The van der Waals surface area contributed by atoms with Gasteiger partial charge in [-0.05, 0) is 24.6 Å². The number of halogens is 1. The van der Waals surface area contributed by atoms with Gasteiger partial charge in [0.15, 0.2) is 12.4 Å². The highest BCUT2D eigenvalue weighted by Gasteiger charge is 2.10. The standard InChI is InChI=1S/C18H19FN2O5/c19-14-6-2-1-5-13(14)11-21-16(22)12-26-17(23)8-3-9-20-18(24)15-7-4-10-25-15/h1-2,4-7,10H,3,8-9,11-12H2,(H,20,24)(H,21,22). The molecule has 1 heterocycles. The Kier molecular flexibility index (Phi) is 7.35. The minimum Gasteiger partial charge on any atom is -0.459 e. The minimum atomic E-state index is -0.557. The van der Waals surface area contributed by atoms with Crippen LogP contribution in [0.15, 0.2) is 47.1 Å². The molecule has 0 aliphatic carbocycles. The molecule has 0 aliphatic rings. The van der Waals surface area contributed by atoms with Crippen molar-refractivity contribution in [3.63, 3.8) is 0 Å². The van der Waals surface area contributed by atoms with E-state index >= 15 is 0 Å². The second-order valence-electron chi connectivity index (χ2n) is 5.37. The zero-order chi connectivity index (χ0) is 18.8. The van der Waals surface area contributed by atoms with Gasteiger partial charge in [0.25, 0.3) is 11.8 Å². The van der Waals surface area contributed by atoms with E-state index in [0.717, 1.165) is 0 Å². The quantitative estimate of drug-likeness (QED) is 0.524. The van der Waals surface area contributed by atoms with E-state index < -0.39 is 24.3 Å². The van der Waals surface area contributed by atoms with Gasteiger partial charge in [-0.1, -0.05) is 18.2 Å². The average Bonchev–Trinajstić information content (AvgIpc) is 3.17. The van der Waals surface area contributed by atoms with Crippen LogP contribution in [0.1, 0.15) is 29.0 Å². The second-order valence-corrected chi connectivity index (χ2v) is 5.37. The molecule has 0 spiro atoms. The summed E-state index contributed by atoms with van der Waals surface area (Å²) in [6.45, 7) is -0.151. The highest BCUT2D eigenvalue weighted by molar-refractivity contribution is 5.91. The van der Waals surface area contributed by atoms with Gasteiger partial charge < -0.3 is 19.8 Å². The van der Waals surface area contributed by atoms with Crippen molar-refractivity contribution >= 4 is 17.8 Å². The number of amides is 2. The summed E-state index contributed by atoms with van der Waals surface area (Å²) in [6.07, 6.45) is 1.81. The lowest BCUT2D eigenvalue weighted by molar-refractivity contribution is -0.148. The van der Waals surface area contributed by atoms with Crippen LogP contribution < -0.4 is 10.6 Å². The van der Waals surface area contributed by atoms with E-state index in [-0.39, 0.29) is 31.2 Å². The number of furan rings is 1. The molecule has 26 heavy (non-hydrogen) atoms. The summed E-state index contributed by atoms with van der Waals surface area (Å²) in [6, 6.07) is 9.20. The van der Waals surface area contributed by atoms with E-state index in [0.29, 0.717) is 12.0 Å². The number of hydrogen-bond donors (Lipinski definition) is 2. The molecule has 0 saturated carbocycles. The second kappa shape index (κ2) is 9.97. The van der Waals surface area contributed by atoms with Gasteiger partial charge in [-0.25, -0.2) is 4.39 Å². The molecule has 7 nitrogen and oxygen atoms in total. The SMILES string of the molecule is O=C(COC(=O)CCCNC(=O)c1ccco1)NCc1ccccc1F. The molecular weight excluding hydrogens is 343 g/mol. The van der Waals surface area contributed by atoms with Crippen LogP contribution in [-0.2, 0) is 20.9 Å². The number of carbonyl (C=O) groups excluding carboxylic acids is 3. The van der Waals surface area contributed by atoms with Crippen molar-refractivity contribution in [1.29, 1.82) is 0 Å². The molecule has 2 aromatic rings. The summed E-state index contributed by atoms with van der Waals surface area (Å²) in [5, 5.41) is 5.06. The molecule has 2 N–H and O–H groups in total. The summed E-state index contributed by atoms with van der Waals surface area (Å²) in [5.41, 5.74) is 0.347. The molecule has 1 aromatic carbocycles. The predicted molar refractivity (Wildman–Crippen MR) is 89.5 cm³/mol. The highest BCUT2D eigenvalue weighted by atomic mass is 19.1. The van der Waals surface area contributed by atoms with Crippen molar-refractivity contribution in [2.24, 2.45) is 0 Å². The summed E-state index contributed by atoms with van der Waals surface area (Å²) in [4.78, 5) is 34.7. The number of carbonyl (C=O) groups is 3. The van der Waals surface area contributed by atoms with Crippen LogP contribution >= 0.6 is 0 Å². The number of benzene rings is 1. The van der Waals surface area contributed by atoms with Crippen LogP contribution in [0.4, 0.5) is 4.39 Å². The largest absolute Gasteiger partial charge is 0.459 e. The van der Waals surface area contributed by atoms with Crippen molar-refractivity contribution in [3.8, 4) is 0 Å². The van der Waals surface area contributed by atoms with Crippen LogP contribution in [0.2, 0.25) is 0 Å². The van der Waals surface area contributed by atoms with Gasteiger partial charge in [0.2, 0.25) is 0 Å². The lowest BCUT2D eigenvalue weighted by atomic mass is 10.2. The lowest BCUT2D eigenvalue weighted by Gasteiger charge is -2.07. The zero-order valence-electron chi connectivity index (χ0n) is 14.0. The maximum Gasteiger partial charge on any atom is 0.306 e. The first-order chi connectivity index (χ1) is 12.6. The first-order valence-electron chi connectivity index (χ1n) is 8.03. The summed E-state index contributed by atoms with van der Waals surface area (Å²) < 4.78 is 23.2. The third kappa shape index (κ3) is 6.39. The van der Waals surface area contributed by atoms with Crippen LogP contribution in [0.25, 0.3) is 0 Å². The van der Waals surface area contributed by atoms with E-state index in [4.69, 9.17) is 9.15 Å². The lowest BCUT2D eigenvalue weighted by Crippen LogP contribution is -2.29. The van der Waals surface area contributed by atoms with E-state index in [2.05, 4.69) is 10.6 Å². The van der Waals surface area contributed by atoms with Crippen LogP contribution in [0, 0.1) is 5.82 Å². The molecule has 0 radical (unpaired) electrons. The van der Waals surface area contributed by atoms with Crippen molar-refractivity contribution in [1.82, 2.24) is 10.6 Å². The number of hydrogen-bond acceptors (Lipinski definition) is 5. The zero-order valence-corrected chi connectivity index (χ0v) is 14.0. The number of nitrogens with one attached hydrogen (secondary N) is 2. The molecule has 1 aromatic heterocycles. The van der Waals surface area contributed by atoms with Gasteiger partial charge in [-0.2, -0.15) is 0 Å². The molecule has 0 fully saturated rings. The topological polar surface area (TPSA) is 97.6 Å². The number of rotatable bonds is 9. The van der Waals surface area contributed by atoms with E-state index in [1.54, 1.807) is 24.3 Å². The Bertz CT molecular complexity index is 746. The van der Waals surface area contributed by atoms with Gasteiger partial charge in [0.05, 0.1) is 6.26 Å². The maximum absolute atomic E-state index is 13.4. The number of ether oxygens (including phenoxy) is 1. The Balaban J connectivity index is 1.56. The fourth-order valence-electron chi connectivity index (χ4n) is 2.03. The van der Waals surface area contributed by atoms with Crippen molar-refractivity contribution in [2.45, 2.75) is 19.4 Å².